The quantitative estimate of drug-likeness (QED) is 0.493. The summed E-state index contributed by atoms with van der Waals surface area (Å²) < 4.78 is 0. The van der Waals surface area contributed by atoms with Crippen LogP contribution in [0.5, 0.6) is 0 Å². The molecule has 0 saturated carbocycles. The lowest BCUT2D eigenvalue weighted by atomic mass is 9.93. The van der Waals surface area contributed by atoms with E-state index in [-0.39, 0.29) is 5.91 Å². The van der Waals surface area contributed by atoms with Gasteiger partial charge in [-0.05, 0) is 84.7 Å². The van der Waals surface area contributed by atoms with E-state index in [1.165, 1.54) is 6.33 Å². The third-order valence-electron chi connectivity index (χ3n) is 6.41. The molecule has 2 aromatic heterocycles. The smallest absolute Gasteiger partial charge is 0.254 e. The minimum Gasteiger partial charge on any atom is -0.383 e. The first-order valence-corrected chi connectivity index (χ1v) is 11.4. The molecule has 1 saturated heterocycles. The fraction of sp³-hybridized carbons (Fsp3) is 0.259. The lowest BCUT2D eigenvalue weighted by Gasteiger charge is -2.19. The van der Waals surface area contributed by atoms with Crippen LogP contribution in [-0.2, 0) is 12.8 Å². The molecule has 1 aliphatic rings. The minimum atomic E-state index is 0.118. The van der Waals surface area contributed by atoms with Gasteiger partial charge in [-0.3, -0.25) is 4.79 Å². The zero-order valence-electron chi connectivity index (χ0n) is 18.8. The summed E-state index contributed by atoms with van der Waals surface area (Å²) in [7, 11) is 0. The number of carbonyl (C=O) groups excluding carboxylic acids is 1. The largest absolute Gasteiger partial charge is 0.383 e. The highest BCUT2D eigenvalue weighted by Crippen LogP contribution is 2.32. The Morgan fingerprint density at radius 3 is 2.61 bits per heavy atom. The second-order valence-corrected chi connectivity index (χ2v) is 8.68. The molecule has 6 heteroatoms. The van der Waals surface area contributed by atoms with Crippen LogP contribution in [-0.4, -0.2) is 38.8 Å². The van der Waals surface area contributed by atoms with Crippen molar-refractivity contribution in [2.75, 3.05) is 18.8 Å². The number of carbonyl (C=O) groups is 1. The Bertz CT molecular complexity index is 1310. The van der Waals surface area contributed by atoms with Crippen LogP contribution in [0.3, 0.4) is 0 Å². The topological polar surface area (TPSA) is 85.0 Å². The first-order valence-electron chi connectivity index (χ1n) is 11.4. The first kappa shape index (κ1) is 21.1. The Hall–Kier alpha value is -3.80. The highest BCUT2D eigenvalue weighted by molar-refractivity contribution is 6.02. The van der Waals surface area contributed by atoms with E-state index >= 15 is 0 Å². The van der Waals surface area contributed by atoms with Crippen LogP contribution >= 0.6 is 0 Å². The fourth-order valence-electron chi connectivity index (χ4n) is 4.65. The summed E-state index contributed by atoms with van der Waals surface area (Å²) in [5.74, 6) is 0.667. The van der Waals surface area contributed by atoms with Gasteiger partial charge < -0.3 is 10.6 Å². The average molecular weight is 438 g/mol. The first-order chi connectivity index (χ1) is 16.1. The maximum atomic E-state index is 13.3. The van der Waals surface area contributed by atoms with Gasteiger partial charge in [-0.1, -0.05) is 18.2 Å². The van der Waals surface area contributed by atoms with Crippen LogP contribution in [0.25, 0.3) is 22.0 Å². The second-order valence-electron chi connectivity index (χ2n) is 8.68. The predicted molar refractivity (Wildman–Crippen MR) is 131 cm³/mol. The molecule has 0 aliphatic carbocycles. The number of benzene rings is 2. The number of amides is 1. The molecule has 4 aromatic rings. The van der Waals surface area contributed by atoms with Crippen LogP contribution in [0.15, 0.2) is 61.2 Å². The van der Waals surface area contributed by atoms with E-state index in [1.807, 2.05) is 41.6 Å². The maximum Gasteiger partial charge on any atom is 0.254 e. The summed E-state index contributed by atoms with van der Waals surface area (Å²) in [6, 6.07) is 14.3. The van der Waals surface area contributed by atoms with Gasteiger partial charge in [-0.15, -0.1) is 0 Å². The molecule has 0 bridgehead atoms. The number of aryl methyl sites for hydroxylation is 3. The molecule has 0 radical (unpaired) electrons. The number of nitrogens with two attached hydrogens (primary N) is 1. The van der Waals surface area contributed by atoms with Crippen molar-refractivity contribution in [3.8, 4) is 11.1 Å². The SMILES string of the molecule is Cc1cccc(C(=O)N2CCCC2)c1-c1ccc2nc(N)c(CCc3cncnc3)cc2c1. The van der Waals surface area contributed by atoms with E-state index in [0.29, 0.717) is 5.82 Å². The molecule has 0 spiro atoms. The van der Waals surface area contributed by atoms with Crippen molar-refractivity contribution < 1.29 is 4.79 Å². The molecular formula is C27H27N5O. The number of hydrogen-bond donors (Lipinski definition) is 1. The molecule has 0 atom stereocenters. The van der Waals surface area contributed by atoms with Crippen molar-refractivity contribution in [3.63, 3.8) is 0 Å². The zero-order valence-corrected chi connectivity index (χ0v) is 18.8. The summed E-state index contributed by atoms with van der Waals surface area (Å²) >= 11 is 0. The number of anilines is 1. The van der Waals surface area contributed by atoms with Crippen molar-refractivity contribution in [1.29, 1.82) is 0 Å². The number of aromatic nitrogens is 3. The van der Waals surface area contributed by atoms with E-state index in [2.05, 4.69) is 40.1 Å². The zero-order chi connectivity index (χ0) is 22.8. The Morgan fingerprint density at radius 2 is 1.82 bits per heavy atom. The average Bonchev–Trinajstić information content (AvgIpc) is 3.38. The van der Waals surface area contributed by atoms with Crippen molar-refractivity contribution in [2.24, 2.45) is 0 Å². The molecule has 5 rings (SSSR count). The third kappa shape index (κ3) is 4.29. The van der Waals surface area contributed by atoms with E-state index in [1.54, 1.807) is 0 Å². The van der Waals surface area contributed by atoms with E-state index in [4.69, 9.17) is 5.73 Å². The van der Waals surface area contributed by atoms with Crippen LogP contribution in [0, 0.1) is 6.92 Å². The number of hydrogen-bond acceptors (Lipinski definition) is 5. The van der Waals surface area contributed by atoms with Crippen LogP contribution in [0.4, 0.5) is 5.82 Å². The third-order valence-corrected chi connectivity index (χ3v) is 6.41. The van der Waals surface area contributed by atoms with E-state index in [0.717, 1.165) is 83.1 Å². The highest BCUT2D eigenvalue weighted by Gasteiger charge is 2.23. The molecule has 0 unspecified atom stereocenters. The van der Waals surface area contributed by atoms with Crippen molar-refractivity contribution in [2.45, 2.75) is 32.6 Å². The Kier molecular flexibility index (Phi) is 5.73. The molecule has 2 N–H and O–H groups in total. The van der Waals surface area contributed by atoms with Gasteiger partial charge in [0, 0.05) is 36.4 Å². The Morgan fingerprint density at radius 1 is 1.03 bits per heavy atom. The number of rotatable bonds is 5. The van der Waals surface area contributed by atoms with Crippen LogP contribution in [0.1, 0.15) is 39.9 Å². The maximum absolute atomic E-state index is 13.3. The van der Waals surface area contributed by atoms with Gasteiger partial charge in [-0.25, -0.2) is 15.0 Å². The predicted octanol–water partition coefficient (Wildman–Crippen LogP) is 4.60. The minimum absolute atomic E-state index is 0.118. The van der Waals surface area contributed by atoms with Crippen LogP contribution < -0.4 is 5.73 Å². The summed E-state index contributed by atoms with van der Waals surface area (Å²) in [6.07, 6.45) is 8.90. The lowest BCUT2D eigenvalue weighted by Crippen LogP contribution is -2.28. The van der Waals surface area contributed by atoms with E-state index in [9.17, 15) is 4.79 Å². The van der Waals surface area contributed by atoms with Gasteiger partial charge >= 0.3 is 0 Å². The standard InChI is InChI=1S/C27H27N5O/c1-18-5-4-6-23(27(33)32-11-2-3-12-32)25(18)20-9-10-24-22(13-20)14-21(26(28)31-24)8-7-19-15-29-17-30-16-19/h4-6,9-10,13-17H,2-3,7-8,11-12H2,1H3,(H2,28,31). The van der Waals surface area contributed by atoms with Crippen molar-refractivity contribution >= 4 is 22.6 Å². The number of pyridine rings is 1. The van der Waals surface area contributed by atoms with Gasteiger partial charge in [0.05, 0.1) is 5.52 Å². The fourth-order valence-corrected chi connectivity index (χ4v) is 4.65. The molecule has 6 nitrogen and oxygen atoms in total. The molecular weight excluding hydrogens is 410 g/mol. The highest BCUT2D eigenvalue weighted by atomic mass is 16.2. The lowest BCUT2D eigenvalue weighted by molar-refractivity contribution is 0.0793. The Balaban J connectivity index is 1.52. The molecule has 2 aromatic carbocycles. The van der Waals surface area contributed by atoms with Gasteiger partial charge in [-0.2, -0.15) is 0 Å². The van der Waals surface area contributed by atoms with Gasteiger partial charge in [0.15, 0.2) is 0 Å². The van der Waals surface area contributed by atoms with Gasteiger partial charge in [0.1, 0.15) is 12.1 Å². The van der Waals surface area contributed by atoms with Crippen molar-refractivity contribution in [1.82, 2.24) is 19.9 Å². The molecule has 1 amide bonds. The molecule has 33 heavy (non-hydrogen) atoms. The summed E-state index contributed by atoms with van der Waals surface area (Å²) in [5.41, 5.74) is 13.1. The second kappa shape index (κ2) is 8.98. The number of nitrogen functional groups attached to an aromatic ring is 1. The monoisotopic (exact) mass is 437 g/mol. The van der Waals surface area contributed by atoms with Gasteiger partial charge in [0.2, 0.25) is 0 Å². The molecule has 1 aliphatic heterocycles. The van der Waals surface area contributed by atoms with Crippen molar-refractivity contribution in [3.05, 3.63) is 83.4 Å². The number of nitrogens with zero attached hydrogens (tertiary/aromatic N) is 4. The van der Waals surface area contributed by atoms with E-state index < -0.39 is 0 Å². The van der Waals surface area contributed by atoms with Gasteiger partial charge in [0.25, 0.3) is 5.91 Å². The summed E-state index contributed by atoms with van der Waals surface area (Å²) in [5, 5.41) is 1.02. The molecule has 1 fully saturated rings. The number of fused-ring (bicyclic) bond motifs is 1. The summed E-state index contributed by atoms with van der Waals surface area (Å²) in [4.78, 5) is 28.0. The van der Waals surface area contributed by atoms with Crippen LogP contribution in [0.2, 0.25) is 0 Å². The normalized spacial score (nSPS) is 13.5. The Labute approximate surface area is 193 Å². The number of likely N-dealkylation sites (tertiary alicyclic amines) is 1. The summed E-state index contributed by atoms with van der Waals surface area (Å²) in [6.45, 7) is 3.74. The molecule has 3 heterocycles. The molecule has 166 valence electrons.